The van der Waals surface area contributed by atoms with E-state index in [1.54, 1.807) is 6.20 Å². The first-order valence-corrected chi connectivity index (χ1v) is 7.55. The molecule has 0 saturated heterocycles. The first kappa shape index (κ1) is 14.5. The number of rotatable bonds is 4. The Bertz CT molecular complexity index is 773. The lowest BCUT2D eigenvalue weighted by Gasteiger charge is -2.08. The second-order valence-electron chi connectivity index (χ2n) is 4.76. The lowest BCUT2D eigenvalue weighted by Crippen LogP contribution is -2.02. The third-order valence-electron chi connectivity index (χ3n) is 3.00. The van der Waals surface area contributed by atoms with Gasteiger partial charge in [0.05, 0.1) is 11.9 Å². The molecule has 3 rings (SSSR count). The van der Waals surface area contributed by atoms with Gasteiger partial charge in [-0.3, -0.25) is 0 Å². The molecule has 3 aromatic rings. The van der Waals surface area contributed by atoms with Crippen LogP contribution >= 0.6 is 15.9 Å². The summed E-state index contributed by atoms with van der Waals surface area (Å²) >= 11 is 3.48. The van der Waals surface area contributed by atoms with E-state index < -0.39 is 0 Å². The monoisotopic (exact) mass is 355 g/mol. The van der Waals surface area contributed by atoms with Gasteiger partial charge in [-0.2, -0.15) is 10.1 Å². The molecule has 0 radical (unpaired) electrons. The first-order valence-electron chi connectivity index (χ1n) is 6.76. The zero-order chi connectivity index (χ0) is 15.4. The largest absolute Gasteiger partial charge is 0.339 e. The number of aromatic nitrogens is 3. The van der Waals surface area contributed by atoms with Crippen LogP contribution in [0.25, 0.3) is 0 Å². The molecule has 0 bridgehead atoms. The molecule has 0 atom stereocenters. The maximum Gasteiger partial charge on any atom is 0.249 e. The van der Waals surface area contributed by atoms with Gasteiger partial charge in [0.1, 0.15) is 0 Å². The van der Waals surface area contributed by atoms with Crippen molar-refractivity contribution in [2.45, 2.75) is 6.92 Å². The van der Waals surface area contributed by atoms with Gasteiger partial charge in [-0.25, -0.2) is 0 Å². The number of nitrogens with one attached hydrogen (secondary N) is 2. The van der Waals surface area contributed by atoms with Crippen LogP contribution in [-0.4, -0.2) is 15.2 Å². The average molecular weight is 356 g/mol. The van der Waals surface area contributed by atoms with Gasteiger partial charge in [-0.05, 0) is 47.1 Å². The van der Waals surface area contributed by atoms with E-state index in [1.165, 1.54) is 5.56 Å². The van der Waals surface area contributed by atoms with Gasteiger partial charge in [-0.15, -0.1) is 5.10 Å². The highest BCUT2D eigenvalue weighted by atomic mass is 79.9. The molecular weight excluding hydrogens is 342 g/mol. The summed E-state index contributed by atoms with van der Waals surface area (Å²) in [7, 11) is 0. The lowest BCUT2D eigenvalue weighted by molar-refractivity contribution is 0.982. The molecule has 0 spiro atoms. The van der Waals surface area contributed by atoms with Crippen molar-refractivity contribution in [3.05, 3.63) is 64.8 Å². The van der Waals surface area contributed by atoms with Crippen LogP contribution in [0.5, 0.6) is 0 Å². The van der Waals surface area contributed by atoms with E-state index in [0.29, 0.717) is 11.8 Å². The van der Waals surface area contributed by atoms with E-state index in [1.807, 2.05) is 48.5 Å². The summed E-state index contributed by atoms with van der Waals surface area (Å²) in [5.41, 5.74) is 3.05. The molecule has 1 aromatic heterocycles. The van der Waals surface area contributed by atoms with Crippen LogP contribution in [0, 0.1) is 6.92 Å². The number of nitrogens with zero attached hydrogens (tertiary/aromatic N) is 3. The molecule has 0 aliphatic heterocycles. The minimum atomic E-state index is 0.434. The summed E-state index contributed by atoms with van der Waals surface area (Å²) < 4.78 is 0.940. The molecule has 110 valence electrons. The summed E-state index contributed by atoms with van der Waals surface area (Å²) in [6.45, 7) is 2.05. The molecule has 22 heavy (non-hydrogen) atoms. The molecule has 0 amide bonds. The van der Waals surface area contributed by atoms with E-state index >= 15 is 0 Å². The highest BCUT2D eigenvalue weighted by Gasteiger charge is 2.04. The number of para-hydroxylation sites is 1. The Hall–Kier alpha value is -2.47. The molecule has 6 heteroatoms. The number of hydrogen-bond donors (Lipinski definition) is 2. The van der Waals surface area contributed by atoms with Gasteiger partial charge in [0.15, 0.2) is 5.82 Å². The summed E-state index contributed by atoms with van der Waals surface area (Å²) in [5, 5.41) is 14.3. The predicted octanol–water partition coefficient (Wildman–Crippen LogP) is 4.43. The van der Waals surface area contributed by atoms with E-state index in [2.05, 4.69) is 48.7 Å². The van der Waals surface area contributed by atoms with Crippen molar-refractivity contribution >= 4 is 39.1 Å². The number of aryl methyl sites for hydroxylation is 1. The molecular formula is C16H14BrN5. The minimum Gasteiger partial charge on any atom is -0.339 e. The maximum absolute atomic E-state index is 4.41. The molecule has 0 fully saturated rings. The predicted molar refractivity (Wildman–Crippen MR) is 91.7 cm³/mol. The normalized spacial score (nSPS) is 10.3. The maximum atomic E-state index is 4.41. The van der Waals surface area contributed by atoms with E-state index in [-0.39, 0.29) is 0 Å². The van der Waals surface area contributed by atoms with Crippen LogP contribution in [0.2, 0.25) is 0 Å². The van der Waals surface area contributed by atoms with Crippen LogP contribution in [-0.2, 0) is 0 Å². The number of anilines is 4. The fraction of sp³-hybridized carbons (Fsp3) is 0.0625. The molecule has 0 aliphatic carbocycles. The topological polar surface area (TPSA) is 62.7 Å². The van der Waals surface area contributed by atoms with Crippen molar-refractivity contribution in [2.75, 3.05) is 10.6 Å². The molecule has 0 unspecified atom stereocenters. The summed E-state index contributed by atoms with van der Waals surface area (Å²) in [5.74, 6) is 1.07. The Balaban J connectivity index is 1.78. The van der Waals surface area contributed by atoms with E-state index in [4.69, 9.17) is 0 Å². The van der Waals surface area contributed by atoms with Crippen molar-refractivity contribution in [1.82, 2.24) is 15.2 Å². The van der Waals surface area contributed by atoms with Gasteiger partial charge < -0.3 is 10.6 Å². The second kappa shape index (κ2) is 6.53. The smallest absolute Gasteiger partial charge is 0.249 e. The lowest BCUT2D eigenvalue weighted by atomic mass is 10.2. The van der Waals surface area contributed by atoms with Crippen LogP contribution in [0.4, 0.5) is 23.1 Å². The third kappa shape index (κ3) is 3.59. The molecule has 0 saturated carbocycles. The number of benzene rings is 2. The highest BCUT2D eigenvalue weighted by Crippen LogP contribution is 2.24. The average Bonchev–Trinajstić information content (AvgIpc) is 2.52. The Morgan fingerprint density at radius 2 is 1.73 bits per heavy atom. The fourth-order valence-electron chi connectivity index (χ4n) is 1.88. The summed E-state index contributed by atoms with van der Waals surface area (Å²) in [4.78, 5) is 4.41. The van der Waals surface area contributed by atoms with Crippen LogP contribution in [0.15, 0.2) is 59.2 Å². The molecule has 5 nitrogen and oxygen atoms in total. The standard InChI is InChI=1S/C16H14BrN5/c1-11-6-8-12(9-7-11)19-15-10-18-22-16(21-15)20-14-5-3-2-4-13(14)17/h2-10H,1H3,(H2,19,20,21,22). The van der Waals surface area contributed by atoms with Crippen LogP contribution in [0.1, 0.15) is 5.56 Å². The Morgan fingerprint density at radius 3 is 2.50 bits per heavy atom. The Labute approximate surface area is 137 Å². The molecule has 0 aliphatic rings. The quantitative estimate of drug-likeness (QED) is 0.724. The van der Waals surface area contributed by atoms with Gasteiger partial charge in [0.25, 0.3) is 0 Å². The number of halogens is 1. The molecule has 2 N–H and O–H groups in total. The van der Waals surface area contributed by atoms with Crippen LogP contribution in [0.3, 0.4) is 0 Å². The van der Waals surface area contributed by atoms with Crippen molar-refractivity contribution in [1.29, 1.82) is 0 Å². The van der Waals surface area contributed by atoms with E-state index in [9.17, 15) is 0 Å². The minimum absolute atomic E-state index is 0.434. The van der Waals surface area contributed by atoms with Gasteiger partial charge in [-0.1, -0.05) is 29.8 Å². The van der Waals surface area contributed by atoms with E-state index in [0.717, 1.165) is 15.8 Å². The van der Waals surface area contributed by atoms with Crippen molar-refractivity contribution in [2.24, 2.45) is 0 Å². The zero-order valence-electron chi connectivity index (χ0n) is 11.9. The molecule has 2 aromatic carbocycles. The van der Waals surface area contributed by atoms with Crippen molar-refractivity contribution in [3.63, 3.8) is 0 Å². The third-order valence-corrected chi connectivity index (χ3v) is 3.69. The summed E-state index contributed by atoms with van der Waals surface area (Å²) in [6.07, 6.45) is 1.59. The SMILES string of the molecule is Cc1ccc(Nc2cnnc(Nc3ccccc3Br)n2)cc1. The first-order chi connectivity index (χ1) is 10.7. The number of hydrogen-bond acceptors (Lipinski definition) is 5. The van der Waals surface area contributed by atoms with Gasteiger partial charge >= 0.3 is 0 Å². The zero-order valence-corrected chi connectivity index (χ0v) is 13.5. The van der Waals surface area contributed by atoms with Gasteiger partial charge in [0.2, 0.25) is 5.95 Å². The van der Waals surface area contributed by atoms with Gasteiger partial charge in [0, 0.05) is 10.2 Å². The van der Waals surface area contributed by atoms with Crippen LogP contribution < -0.4 is 10.6 Å². The van der Waals surface area contributed by atoms with Crippen molar-refractivity contribution < 1.29 is 0 Å². The Kier molecular flexibility index (Phi) is 4.29. The highest BCUT2D eigenvalue weighted by molar-refractivity contribution is 9.10. The Morgan fingerprint density at radius 1 is 0.955 bits per heavy atom. The fourth-order valence-corrected chi connectivity index (χ4v) is 2.27. The second-order valence-corrected chi connectivity index (χ2v) is 5.62. The van der Waals surface area contributed by atoms with Crippen molar-refractivity contribution in [3.8, 4) is 0 Å². The molecule has 1 heterocycles. The summed E-state index contributed by atoms with van der Waals surface area (Å²) in [6, 6.07) is 15.8.